The SMILES string of the molecule is Cn1cc(C(=O)NC2CCN(C(=O)CCc3cnn(-c4ccccc4)c3)CC2)cn1. The van der Waals surface area contributed by atoms with Crippen LogP contribution >= 0.6 is 0 Å². The van der Waals surface area contributed by atoms with E-state index in [2.05, 4.69) is 15.5 Å². The Morgan fingerprint density at radius 2 is 1.83 bits per heavy atom. The van der Waals surface area contributed by atoms with Crippen molar-refractivity contribution in [2.45, 2.75) is 31.7 Å². The molecule has 0 saturated carbocycles. The summed E-state index contributed by atoms with van der Waals surface area (Å²) in [6, 6.07) is 10.0. The van der Waals surface area contributed by atoms with E-state index in [1.807, 2.05) is 52.3 Å². The first-order valence-electron chi connectivity index (χ1n) is 10.2. The molecule has 0 radical (unpaired) electrons. The monoisotopic (exact) mass is 406 g/mol. The predicted octanol–water partition coefficient (Wildman–Crippen LogP) is 1.96. The summed E-state index contributed by atoms with van der Waals surface area (Å²) in [5.74, 6) is 0.0443. The molecular weight excluding hydrogens is 380 g/mol. The van der Waals surface area contributed by atoms with Crippen LogP contribution in [0, 0.1) is 0 Å². The molecule has 0 unspecified atom stereocenters. The Hall–Kier alpha value is -3.42. The second-order valence-electron chi connectivity index (χ2n) is 7.66. The molecule has 1 N–H and O–H groups in total. The highest BCUT2D eigenvalue weighted by molar-refractivity contribution is 5.93. The number of rotatable bonds is 6. The molecule has 2 aromatic heterocycles. The van der Waals surface area contributed by atoms with Gasteiger partial charge < -0.3 is 10.2 Å². The fourth-order valence-electron chi connectivity index (χ4n) is 3.70. The summed E-state index contributed by atoms with van der Waals surface area (Å²) in [5.41, 5.74) is 2.61. The third kappa shape index (κ3) is 4.76. The Balaban J connectivity index is 1.22. The molecule has 1 aliphatic heterocycles. The average Bonchev–Trinajstić information content (AvgIpc) is 3.42. The highest BCUT2D eigenvalue weighted by Crippen LogP contribution is 2.14. The number of amides is 2. The highest BCUT2D eigenvalue weighted by Gasteiger charge is 2.24. The number of aryl methyl sites for hydroxylation is 2. The second-order valence-corrected chi connectivity index (χ2v) is 7.66. The van der Waals surface area contributed by atoms with Crippen molar-refractivity contribution in [1.29, 1.82) is 0 Å². The molecule has 2 amide bonds. The number of carbonyl (C=O) groups is 2. The lowest BCUT2D eigenvalue weighted by Gasteiger charge is -2.32. The molecule has 1 aliphatic rings. The quantitative estimate of drug-likeness (QED) is 0.678. The molecule has 8 nitrogen and oxygen atoms in total. The van der Waals surface area contributed by atoms with Crippen LogP contribution in [0.5, 0.6) is 0 Å². The van der Waals surface area contributed by atoms with Crippen LogP contribution in [0.15, 0.2) is 55.1 Å². The Morgan fingerprint density at radius 3 is 2.53 bits per heavy atom. The maximum atomic E-state index is 12.6. The van der Waals surface area contributed by atoms with Crippen LogP contribution in [0.4, 0.5) is 0 Å². The van der Waals surface area contributed by atoms with E-state index in [1.165, 1.54) is 0 Å². The average molecular weight is 406 g/mol. The lowest BCUT2D eigenvalue weighted by atomic mass is 10.0. The van der Waals surface area contributed by atoms with Gasteiger partial charge in [-0.1, -0.05) is 18.2 Å². The fraction of sp³-hybridized carbons (Fsp3) is 0.364. The number of piperidine rings is 1. The fourth-order valence-corrected chi connectivity index (χ4v) is 3.70. The summed E-state index contributed by atoms with van der Waals surface area (Å²) < 4.78 is 3.44. The molecule has 8 heteroatoms. The van der Waals surface area contributed by atoms with Crippen molar-refractivity contribution in [1.82, 2.24) is 29.8 Å². The molecule has 1 fully saturated rings. The number of nitrogens with one attached hydrogen (secondary N) is 1. The van der Waals surface area contributed by atoms with Crippen molar-refractivity contribution in [2.75, 3.05) is 13.1 Å². The zero-order chi connectivity index (χ0) is 20.9. The van der Waals surface area contributed by atoms with E-state index < -0.39 is 0 Å². The van der Waals surface area contributed by atoms with E-state index in [1.54, 1.807) is 24.1 Å². The number of hydrogen-bond acceptors (Lipinski definition) is 4. The first kappa shape index (κ1) is 19.9. The Bertz CT molecular complexity index is 1000. The summed E-state index contributed by atoms with van der Waals surface area (Å²) >= 11 is 0. The number of benzene rings is 1. The van der Waals surface area contributed by atoms with Gasteiger partial charge in [-0.3, -0.25) is 14.3 Å². The Morgan fingerprint density at radius 1 is 1.07 bits per heavy atom. The summed E-state index contributed by atoms with van der Waals surface area (Å²) in [5, 5.41) is 11.5. The van der Waals surface area contributed by atoms with Gasteiger partial charge >= 0.3 is 0 Å². The molecule has 1 saturated heterocycles. The van der Waals surface area contributed by atoms with Crippen LogP contribution in [-0.4, -0.2) is 55.4 Å². The topological polar surface area (TPSA) is 85.0 Å². The van der Waals surface area contributed by atoms with Crippen molar-refractivity contribution < 1.29 is 9.59 Å². The Kier molecular flexibility index (Phi) is 5.92. The van der Waals surface area contributed by atoms with E-state index in [9.17, 15) is 9.59 Å². The minimum Gasteiger partial charge on any atom is -0.349 e. The summed E-state index contributed by atoms with van der Waals surface area (Å²) in [4.78, 5) is 26.8. The normalized spacial score (nSPS) is 14.6. The maximum absolute atomic E-state index is 12.6. The smallest absolute Gasteiger partial charge is 0.254 e. The number of nitrogens with zero attached hydrogens (tertiary/aromatic N) is 5. The van der Waals surface area contributed by atoms with E-state index in [0.29, 0.717) is 31.5 Å². The minimum atomic E-state index is -0.108. The number of likely N-dealkylation sites (tertiary alicyclic amines) is 1. The van der Waals surface area contributed by atoms with Gasteiger partial charge in [-0.05, 0) is 37.0 Å². The van der Waals surface area contributed by atoms with E-state index in [-0.39, 0.29) is 17.9 Å². The molecule has 0 spiro atoms. The van der Waals surface area contributed by atoms with Gasteiger partial charge in [-0.25, -0.2) is 4.68 Å². The number of hydrogen-bond donors (Lipinski definition) is 1. The van der Waals surface area contributed by atoms with Gasteiger partial charge in [0.2, 0.25) is 5.91 Å². The highest BCUT2D eigenvalue weighted by atomic mass is 16.2. The lowest BCUT2D eigenvalue weighted by molar-refractivity contribution is -0.132. The predicted molar refractivity (Wildman–Crippen MR) is 112 cm³/mol. The van der Waals surface area contributed by atoms with Crippen molar-refractivity contribution >= 4 is 11.8 Å². The van der Waals surface area contributed by atoms with Crippen molar-refractivity contribution in [2.24, 2.45) is 7.05 Å². The third-order valence-electron chi connectivity index (χ3n) is 5.43. The first-order chi connectivity index (χ1) is 14.6. The molecule has 3 heterocycles. The minimum absolute atomic E-state index is 0.0888. The van der Waals surface area contributed by atoms with Gasteiger partial charge in [0.25, 0.3) is 5.91 Å². The summed E-state index contributed by atoms with van der Waals surface area (Å²) in [7, 11) is 1.79. The van der Waals surface area contributed by atoms with Crippen LogP contribution in [0.3, 0.4) is 0 Å². The van der Waals surface area contributed by atoms with Crippen LogP contribution in [0.25, 0.3) is 5.69 Å². The van der Waals surface area contributed by atoms with Gasteiger partial charge in [-0.2, -0.15) is 10.2 Å². The van der Waals surface area contributed by atoms with Gasteiger partial charge in [0, 0.05) is 45.0 Å². The third-order valence-corrected chi connectivity index (χ3v) is 5.43. The molecular formula is C22H26N6O2. The molecule has 3 aromatic rings. The number of aromatic nitrogens is 4. The molecule has 30 heavy (non-hydrogen) atoms. The zero-order valence-electron chi connectivity index (χ0n) is 17.1. The van der Waals surface area contributed by atoms with Crippen LogP contribution in [0.2, 0.25) is 0 Å². The molecule has 4 rings (SSSR count). The van der Waals surface area contributed by atoms with E-state index >= 15 is 0 Å². The molecule has 1 aromatic carbocycles. The first-order valence-corrected chi connectivity index (χ1v) is 10.2. The second kappa shape index (κ2) is 8.94. The number of para-hydroxylation sites is 1. The molecule has 156 valence electrons. The lowest BCUT2D eigenvalue weighted by Crippen LogP contribution is -2.46. The summed E-state index contributed by atoms with van der Waals surface area (Å²) in [6.07, 6.45) is 9.73. The standard InChI is InChI=1S/C22H26N6O2/c1-26-16-18(14-23-26)22(30)25-19-9-11-27(12-10-19)21(29)8-7-17-13-24-28(15-17)20-5-3-2-4-6-20/h2-6,13-16,19H,7-12H2,1H3,(H,25,30). The van der Waals surface area contributed by atoms with Crippen LogP contribution in [0.1, 0.15) is 35.2 Å². The molecule has 0 aliphatic carbocycles. The maximum Gasteiger partial charge on any atom is 0.254 e. The van der Waals surface area contributed by atoms with E-state index in [0.717, 1.165) is 24.1 Å². The van der Waals surface area contributed by atoms with Crippen molar-refractivity contribution in [3.63, 3.8) is 0 Å². The van der Waals surface area contributed by atoms with Gasteiger partial charge in [0.05, 0.1) is 23.6 Å². The van der Waals surface area contributed by atoms with Gasteiger partial charge in [0.15, 0.2) is 0 Å². The molecule has 0 bridgehead atoms. The Labute approximate surface area is 175 Å². The van der Waals surface area contributed by atoms with Crippen molar-refractivity contribution in [3.05, 3.63) is 66.2 Å². The van der Waals surface area contributed by atoms with Crippen LogP contribution in [-0.2, 0) is 18.3 Å². The molecule has 0 atom stereocenters. The van der Waals surface area contributed by atoms with Gasteiger partial charge in [-0.15, -0.1) is 0 Å². The largest absolute Gasteiger partial charge is 0.349 e. The zero-order valence-corrected chi connectivity index (χ0v) is 17.1. The van der Waals surface area contributed by atoms with Crippen LogP contribution < -0.4 is 5.32 Å². The van der Waals surface area contributed by atoms with E-state index in [4.69, 9.17) is 0 Å². The number of carbonyl (C=O) groups excluding carboxylic acids is 2. The van der Waals surface area contributed by atoms with Gasteiger partial charge in [0.1, 0.15) is 0 Å². The van der Waals surface area contributed by atoms with Crippen molar-refractivity contribution in [3.8, 4) is 5.69 Å². The summed E-state index contributed by atoms with van der Waals surface area (Å²) in [6.45, 7) is 1.33.